The Hall–Kier alpha value is -1.56. The quantitative estimate of drug-likeness (QED) is 0.926. The van der Waals surface area contributed by atoms with Gasteiger partial charge in [-0.3, -0.25) is 4.79 Å². The molecule has 3 nitrogen and oxygen atoms in total. The van der Waals surface area contributed by atoms with Crippen LogP contribution in [-0.2, 0) is 17.4 Å². The van der Waals surface area contributed by atoms with Gasteiger partial charge in [0.05, 0.1) is 12.0 Å². The van der Waals surface area contributed by atoms with E-state index in [1.807, 2.05) is 0 Å². The van der Waals surface area contributed by atoms with Gasteiger partial charge in [0.15, 0.2) is 0 Å². The number of rotatable bonds is 3. The second-order valence-electron chi connectivity index (χ2n) is 4.95. The molecule has 0 aliphatic carbocycles. The first kappa shape index (κ1) is 14.8. The van der Waals surface area contributed by atoms with Crippen LogP contribution in [-0.4, -0.2) is 29.9 Å². The average Bonchev–Trinajstić information content (AvgIpc) is 2.86. The van der Waals surface area contributed by atoms with Gasteiger partial charge in [-0.15, -0.1) is 0 Å². The monoisotopic (exact) mass is 286 g/mol. The lowest BCUT2D eigenvalue weighted by atomic mass is 10.0. The summed E-state index contributed by atoms with van der Waals surface area (Å²) >= 11 is 0. The molecule has 2 N–H and O–H groups in total. The zero-order chi connectivity index (χ0) is 14.8. The molecule has 1 aromatic carbocycles. The van der Waals surface area contributed by atoms with Gasteiger partial charge in [-0.1, -0.05) is 18.2 Å². The number of nitrogens with zero attached hydrogens (tertiary/aromatic N) is 1. The number of hydrogen-bond acceptors (Lipinski definition) is 2. The minimum atomic E-state index is -4.44. The molecule has 1 atom stereocenters. The first-order chi connectivity index (χ1) is 9.43. The van der Waals surface area contributed by atoms with Crippen molar-refractivity contribution in [3.8, 4) is 0 Å². The lowest BCUT2D eigenvalue weighted by Gasteiger charge is -2.24. The van der Waals surface area contributed by atoms with E-state index in [2.05, 4.69) is 0 Å². The van der Waals surface area contributed by atoms with E-state index in [0.29, 0.717) is 13.1 Å². The zero-order valence-electron chi connectivity index (χ0n) is 11.0. The molecule has 1 amide bonds. The van der Waals surface area contributed by atoms with E-state index in [-0.39, 0.29) is 23.9 Å². The number of likely N-dealkylation sites (tertiary alicyclic amines) is 1. The van der Waals surface area contributed by atoms with Gasteiger partial charge in [0.25, 0.3) is 0 Å². The summed E-state index contributed by atoms with van der Waals surface area (Å²) in [4.78, 5) is 13.8. The molecule has 0 bridgehead atoms. The molecular formula is C14H17F3N2O. The topological polar surface area (TPSA) is 46.3 Å². The minimum absolute atomic E-state index is 0.0210. The molecular weight excluding hydrogens is 269 g/mol. The smallest absolute Gasteiger partial charge is 0.338 e. The van der Waals surface area contributed by atoms with Crippen LogP contribution in [0.15, 0.2) is 24.3 Å². The fourth-order valence-electron chi connectivity index (χ4n) is 2.62. The molecule has 0 aromatic heterocycles. The van der Waals surface area contributed by atoms with E-state index in [4.69, 9.17) is 5.73 Å². The van der Waals surface area contributed by atoms with Crippen molar-refractivity contribution < 1.29 is 18.0 Å². The van der Waals surface area contributed by atoms with Gasteiger partial charge in [-0.25, -0.2) is 0 Å². The maximum atomic E-state index is 12.9. The van der Waals surface area contributed by atoms with Gasteiger partial charge < -0.3 is 10.6 Å². The summed E-state index contributed by atoms with van der Waals surface area (Å²) in [5, 5.41) is 0. The Balaban J connectivity index is 2.16. The normalized spacial score (nSPS) is 19.4. The molecule has 6 heteroatoms. The summed E-state index contributed by atoms with van der Waals surface area (Å²) in [5.74, 6) is -0.283. The van der Waals surface area contributed by atoms with Crippen molar-refractivity contribution in [3.05, 3.63) is 35.4 Å². The molecule has 1 heterocycles. The van der Waals surface area contributed by atoms with Gasteiger partial charge in [0, 0.05) is 19.1 Å². The Bertz CT molecular complexity index is 488. The van der Waals surface area contributed by atoms with Crippen molar-refractivity contribution in [1.82, 2.24) is 4.90 Å². The second-order valence-corrected chi connectivity index (χ2v) is 4.95. The molecule has 1 fully saturated rings. The van der Waals surface area contributed by atoms with Gasteiger partial charge in [-0.2, -0.15) is 13.2 Å². The van der Waals surface area contributed by atoms with Crippen LogP contribution in [0, 0.1) is 0 Å². The first-order valence-corrected chi connectivity index (χ1v) is 6.58. The molecule has 0 radical (unpaired) electrons. The number of halogens is 3. The maximum absolute atomic E-state index is 12.9. The largest absolute Gasteiger partial charge is 0.416 e. The standard InChI is InChI=1S/C14H17F3N2O/c15-14(16,17)12-6-2-1-4-10(12)8-13(20)19-7-3-5-11(19)9-18/h1-2,4,6,11H,3,5,7-9,18H2/t11-/m0/s1. The van der Waals surface area contributed by atoms with E-state index in [1.165, 1.54) is 18.2 Å². The summed E-state index contributed by atoms with van der Waals surface area (Å²) in [6.45, 7) is 0.932. The Morgan fingerprint density at radius 2 is 2.05 bits per heavy atom. The fourth-order valence-corrected chi connectivity index (χ4v) is 2.62. The van der Waals surface area contributed by atoms with Crippen LogP contribution in [0.2, 0.25) is 0 Å². The molecule has 1 aliphatic heterocycles. The van der Waals surface area contributed by atoms with Crippen molar-refractivity contribution in [3.63, 3.8) is 0 Å². The Labute approximate surface area is 115 Å². The van der Waals surface area contributed by atoms with Crippen LogP contribution in [0.25, 0.3) is 0 Å². The molecule has 0 unspecified atom stereocenters. The Kier molecular flexibility index (Phi) is 4.32. The lowest BCUT2D eigenvalue weighted by molar-refractivity contribution is -0.138. The van der Waals surface area contributed by atoms with Crippen molar-refractivity contribution in [2.45, 2.75) is 31.5 Å². The van der Waals surface area contributed by atoms with E-state index >= 15 is 0 Å². The number of carbonyl (C=O) groups excluding carboxylic acids is 1. The highest BCUT2D eigenvalue weighted by Crippen LogP contribution is 2.32. The number of amides is 1. The van der Waals surface area contributed by atoms with E-state index in [9.17, 15) is 18.0 Å². The zero-order valence-corrected chi connectivity index (χ0v) is 11.0. The van der Waals surface area contributed by atoms with Crippen LogP contribution in [0.3, 0.4) is 0 Å². The third-order valence-corrected chi connectivity index (χ3v) is 3.63. The van der Waals surface area contributed by atoms with Crippen LogP contribution < -0.4 is 5.73 Å². The van der Waals surface area contributed by atoms with Crippen molar-refractivity contribution in [1.29, 1.82) is 0 Å². The van der Waals surface area contributed by atoms with Crippen molar-refractivity contribution >= 4 is 5.91 Å². The van der Waals surface area contributed by atoms with Gasteiger partial charge in [0.2, 0.25) is 5.91 Å². The van der Waals surface area contributed by atoms with Crippen molar-refractivity contribution in [2.24, 2.45) is 5.73 Å². The summed E-state index contributed by atoms with van der Waals surface area (Å²) in [7, 11) is 0. The first-order valence-electron chi connectivity index (χ1n) is 6.58. The molecule has 110 valence electrons. The maximum Gasteiger partial charge on any atom is 0.416 e. The lowest BCUT2D eigenvalue weighted by Crippen LogP contribution is -2.40. The molecule has 20 heavy (non-hydrogen) atoms. The Morgan fingerprint density at radius 1 is 1.35 bits per heavy atom. The van der Waals surface area contributed by atoms with E-state index in [0.717, 1.165) is 18.9 Å². The van der Waals surface area contributed by atoms with Gasteiger partial charge in [0.1, 0.15) is 0 Å². The highest BCUT2D eigenvalue weighted by atomic mass is 19.4. The number of benzene rings is 1. The summed E-state index contributed by atoms with van der Waals surface area (Å²) in [6.07, 6.45) is -2.99. The number of hydrogen-bond donors (Lipinski definition) is 1. The second kappa shape index (κ2) is 5.83. The SMILES string of the molecule is NC[C@@H]1CCCN1C(=O)Cc1ccccc1C(F)(F)F. The average molecular weight is 286 g/mol. The molecule has 1 aromatic rings. The number of alkyl halides is 3. The summed E-state index contributed by atoms with van der Waals surface area (Å²) < 4.78 is 38.6. The van der Waals surface area contributed by atoms with Crippen LogP contribution in [0.1, 0.15) is 24.0 Å². The van der Waals surface area contributed by atoms with Crippen LogP contribution >= 0.6 is 0 Å². The van der Waals surface area contributed by atoms with Gasteiger partial charge >= 0.3 is 6.18 Å². The third-order valence-electron chi connectivity index (χ3n) is 3.63. The summed E-state index contributed by atoms with van der Waals surface area (Å²) in [5.41, 5.74) is 4.86. The van der Waals surface area contributed by atoms with E-state index in [1.54, 1.807) is 4.90 Å². The van der Waals surface area contributed by atoms with E-state index < -0.39 is 11.7 Å². The van der Waals surface area contributed by atoms with Gasteiger partial charge in [-0.05, 0) is 24.5 Å². The van der Waals surface area contributed by atoms with Crippen molar-refractivity contribution in [2.75, 3.05) is 13.1 Å². The highest BCUT2D eigenvalue weighted by molar-refractivity contribution is 5.79. The molecule has 1 saturated heterocycles. The predicted octanol–water partition coefficient (Wildman–Crippen LogP) is 2.20. The van der Waals surface area contributed by atoms with Crippen LogP contribution in [0.5, 0.6) is 0 Å². The Morgan fingerprint density at radius 3 is 2.70 bits per heavy atom. The summed E-state index contributed by atoms with van der Waals surface area (Å²) in [6, 6.07) is 5.17. The molecule has 1 aliphatic rings. The predicted molar refractivity (Wildman–Crippen MR) is 68.9 cm³/mol. The molecule has 2 rings (SSSR count). The molecule has 0 saturated carbocycles. The third kappa shape index (κ3) is 3.12. The van der Waals surface area contributed by atoms with Crippen LogP contribution in [0.4, 0.5) is 13.2 Å². The highest BCUT2D eigenvalue weighted by Gasteiger charge is 2.34. The molecule has 0 spiro atoms. The number of carbonyl (C=O) groups is 1. The minimum Gasteiger partial charge on any atom is -0.338 e. The fraction of sp³-hybridized carbons (Fsp3) is 0.500. The number of nitrogens with two attached hydrogens (primary N) is 1.